The molecule has 0 spiro atoms. The maximum Gasteiger partial charge on any atom is 0.453 e. The lowest BCUT2D eigenvalue weighted by molar-refractivity contribution is 0.504. The molecule has 0 aliphatic rings. The third kappa shape index (κ3) is 3.85. The van der Waals surface area contributed by atoms with Gasteiger partial charge >= 0.3 is 8.24 Å². The van der Waals surface area contributed by atoms with Gasteiger partial charge in [-0.3, -0.25) is 0 Å². The monoisotopic (exact) mass is 492 g/mol. The summed E-state index contributed by atoms with van der Waals surface area (Å²) in [6.07, 6.45) is 0. The molecule has 6 aromatic rings. The van der Waals surface area contributed by atoms with E-state index in [2.05, 4.69) is 101 Å². The summed E-state index contributed by atoms with van der Waals surface area (Å²) in [5, 5.41) is 6.45. The number of benzene rings is 5. The smallest absolute Gasteiger partial charge is 0.390 e. The van der Waals surface area contributed by atoms with Crippen LogP contribution in [0.15, 0.2) is 87.3 Å². The molecule has 3 nitrogen and oxygen atoms in total. The van der Waals surface area contributed by atoms with Gasteiger partial charge in [0.1, 0.15) is 11.2 Å². The summed E-state index contributed by atoms with van der Waals surface area (Å²) in [6.45, 7) is 10.8. The molecule has 1 atom stereocenters. The fourth-order valence-electron chi connectivity index (χ4n) is 5.24. The Hall–Kier alpha value is -3.68. The third-order valence-corrected chi connectivity index (χ3v) is 7.93. The van der Waals surface area contributed by atoms with Crippen molar-refractivity contribution in [1.29, 1.82) is 0 Å². The molecule has 0 amide bonds. The van der Waals surface area contributed by atoms with Gasteiger partial charge in [-0.15, -0.1) is 0 Å². The van der Waals surface area contributed by atoms with E-state index in [0.29, 0.717) is 5.92 Å². The van der Waals surface area contributed by atoms with Gasteiger partial charge in [-0.1, -0.05) is 68.4 Å². The minimum absolute atomic E-state index is 0.411. The van der Waals surface area contributed by atoms with Crippen LogP contribution in [0.25, 0.3) is 43.5 Å². The van der Waals surface area contributed by atoms with Crippen LogP contribution in [0.2, 0.25) is 0 Å². The molecule has 1 aromatic heterocycles. The Morgan fingerprint density at radius 3 is 2.00 bits per heavy atom. The second-order valence-electron chi connectivity index (χ2n) is 9.96. The van der Waals surface area contributed by atoms with Crippen molar-refractivity contribution in [1.82, 2.24) is 0 Å². The van der Waals surface area contributed by atoms with Crippen molar-refractivity contribution in [3.8, 4) is 5.75 Å². The molecule has 0 saturated heterocycles. The molecule has 0 radical (unpaired) electrons. The summed E-state index contributed by atoms with van der Waals surface area (Å²) < 4.78 is 19.9. The van der Waals surface area contributed by atoms with Gasteiger partial charge in [-0.25, -0.2) is 0 Å². The van der Waals surface area contributed by atoms with Crippen LogP contribution in [0.4, 0.5) is 0 Å². The maximum atomic E-state index is 6.70. The zero-order chi connectivity index (χ0) is 25.0. The Balaban J connectivity index is 1.69. The van der Waals surface area contributed by atoms with E-state index in [0.717, 1.165) is 54.8 Å². The molecular formula is C32H29O3P. The average molecular weight is 493 g/mol. The topological polar surface area (TPSA) is 35.5 Å². The van der Waals surface area contributed by atoms with Crippen LogP contribution in [0, 0.1) is 20.8 Å². The predicted molar refractivity (Wildman–Crippen MR) is 152 cm³/mol. The largest absolute Gasteiger partial charge is 0.453 e. The molecule has 0 N–H and O–H groups in total. The summed E-state index contributed by atoms with van der Waals surface area (Å²) in [6, 6.07) is 27.6. The van der Waals surface area contributed by atoms with Gasteiger partial charge in [0.05, 0.1) is 0 Å². The highest BCUT2D eigenvalue weighted by Gasteiger charge is 2.16. The highest BCUT2D eigenvalue weighted by Crippen LogP contribution is 2.44. The van der Waals surface area contributed by atoms with Gasteiger partial charge < -0.3 is 12.9 Å². The van der Waals surface area contributed by atoms with Crippen molar-refractivity contribution in [3.05, 3.63) is 101 Å². The molecule has 0 fully saturated rings. The number of rotatable bonds is 3. The molecule has 1 unspecified atom stereocenters. The van der Waals surface area contributed by atoms with E-state index >= 15 is 0 Å². The Morgan fingerprint density at radius 1 is 0.667 bits per heavy atom. The van der Waals surface area contributed by atoms with Crippen LogP contribution < -0.4 is 4.52 Å². The lowest BCUT2D eigenvalue weighted by atomic mass is 9.95. The molecular weight excluding hydrogens is 463 g/mol. The average Bonchev–Trinajstić information content (AvgIpc) is 2.99. The lowest BCUT2D eigenvalue weighted by Crippen LogP contribution is -1.92. The first-order chi connectivity index (χ1) is 17.4. The highest BCUT2D eigenvalue weighted by molar-refractivity contribution is 7.32. The Kier molecular flexibility index (Phi) is 5.54. The van der Waals surface area contributed by atoms with Crippen molar-refractivity contribution in [2.24, 2.45) is 0 Å². The van der Waals surface area contributed by atoms with E-state index in [1.165, 1.54) is 16.7 Å². The normalized spacial score (nSPS) is 12.2. The molecule has 5 aromatic carbocycles. The summed E-state index contributed by atoms with van der Waals surface area (Å²) in [5.74, 6) is 1.20. The van der Waals surface area contributed by atoms with Gasteiger partial charge in [0.25, 0.3) is 0 Å². The minimum atomic E-state index is -1.76. The zero-order valence-electron chi connectivity index (χ0n) is 21.3. The Labute approximate surface area is 211 Å². The van der Waals surface area contributed by atoms with Gasteiger partial charge in [0.15, 0.2) is 5.75 Å². The van der Waals surface area contributed by atoms with Crippen molar-refractivity contribution in [2.75, 3.05) is 0 Å². The number of fused-ring (bicyclic) bond motifs is 5. The first kappa shape index (κ1) is 22.8. The molecule has 6 rings (SSSR count). The zero-order valence-corrected chi connectivity index (χ0v) is 22.1. The highest BCUT2D eigenvalue weighted by atomic mass is 31.1. The fraction of sp³-hybridized carbons (Fsp3) is 0.188. The molecule has 0 aliphatic heterocycles. The quantitative estimate of drug-likeness (QED) is 0.231. The van der Waals surface area contributed by atoms with Crippen molar-refractivity contribution >= 4 is 51.7 Å². The minimum Gasteiger partial charge on any atom is -0.390 e. The second kappa shape index (κ2) is 8.76. The standard InChI is InChI=1S/C32H29O3P/c1-19(2)27-18-28-29-15-20(3)14-22(5)31(29)34-36(33-30(28)16-21(27)4)35-32-25-12-8-6-10-23(25)17-24-11-7-9-13-26(24)32/h6-19H,1-5H3. The van der Waals surface area contributed by atoms with Crippen LogP contribution in [0.1, 0.15) is 42.0 Å². The fourth-order valence-corrected chi connectivity index (χ4v) is 6.40. The van der Waals surface area contributed by atoms with E-state index in [1.807, 2.05) is 12.1 Å². The van der Waals surface area contributed by atoms with Crippen molar-refractivity contribution < 1.29 is 12.9 Å². The van der Waals surface area contributed by atoms with Crippen LogP contribution in [0.5, 0.6) is 5.75 Å². The molecule has 0 saturated carbocycles. The van der Waals surface area contributed by atoms with E-state index in [4.69, 9.17) is 12.9 Å². The van der Waals surface area contributed by atoms with E-state index in [9.17, 15) is 0 Å². The van der Waals surface area contributed by atoms with Gasteiger partial charge in [-0.2, -0.15) is 0 Å². The number of aryl methyl sites for hydroxylation is 3. The van der Waals surface area contributed by atoms with Gasteiger partial charge in [0.2, 0.25) is 0 Å². The SMILES string of the molecule is Cc1cc(C)c2op(Oc3c4ccccc4cc4ccccc34)oc3cc(C)c(C(C)C)cc3c2c1. The Morgan fingerprint density at radius 2 is 1.33 bits per heavy atom. The Bertz CT molecular complexity index is 1780. The molecule has 0 aliphatic carbocycles. The van der Waals surface area contributed by atoms with Gasteiger partial charge in [0, 0.05) is 21.5 Å². The first-order valence-electron chi connectivity index (χ1n) is 12.4. The van der Waals surface area contributed by atoms with Crippen LogP contribution in [-0.2, 0) is 0 Å². The van der Waals surface area contributed by atoms with Crippen molar-refractivity contribution in [2.45, 2.75) is 40.5 Å². The van der Waals surface area contributed by atoms with E-state index < -0.39 is 8.24 Å². The molecule has 0 bridgehead atoms. The first-order valence-corrected chi connectivity index (χ1v) is 13.5. The molecule has 4 heteroatoms. The van der Waals surface area contributed by atoms with E-state index in [1.54, 1.807) is 0 Å². The summed E-state index contributed by atoms with van der Waals surface area (Å²) >= 11 is 0. The lowest BCUT2D eigenvalue weighted by Gasteiger charge is -2.11. The predicted octanol–water partition coefficient (Wildman–Crippen LogP) is 10.5. The number of hydrogen-bond donors (Lipinski definition) is 0. The van der Waals surface area contributed by atoms with Gasteiger partial charge in [-0.05, 0) is 84.0 Å². The second-order valence-corrected chi connectivity index (χ2v) is 11.0. The van der Waals surface area contributed by atoms with Crippen LogP contribution in [0.3, 0.4) is 0 Å². The number of hydrogen-bond acceptors (Lipinski definition) is 3. The summed E-state index contributed by atoms with van der Waals surface area (Å²) in [7, 11) is -1.76. The molecule has 180 valence electrons. The third-order valence-electron chi connectivity index (χ3n) is 6.93. The van der Waals surface area contributed by atoms with Crippen molar-refractivity contribution in [3.63, 3.8) is 0 Å². The maximum absolute atomic E-state index is 6.70. The van der Waals surface area contributed by atoms with Crippen LogP contribution in [-0.4, -0.2) is 0 Å². The molecule has 36 heavy (non-hydrogen) atoms. The van der Waals surface area contributed by atoms with Crippen LogP contribution >= 0.6 is 8.24 Å². The molecule has 1 heterocycles. The van der Waals surface area contributed by atoms with E-state index in [-0.39, 0.29) is 0 Å². The summed E-state index contributed by atoms with van der Waals surface area (Å²) in [4.78, 5) is 0. The summed E-state index contributed by atoms with van der Waals surface area (Å²) in [5.41, 5.74) is 6.42.